The van der Waals surface area contributed by atoms with E-state index in [0.29, 0.717) is 5.92 Å². The van der Waals surface area contributed by atoms with Crippen molar-refractivity contribution in [2.24, 2.45) is 0 Å². The molecule has 0 aromatic heterocycles. The van der Waals surface area contributed by atoms with Crippen LogP contribution in [0.2, 0.25) is 5.02 Å². The van der Waals surface area contributed by atoms with Gasteiger partial charge in [-0.15, -0.1) is 0 Å². The molecule has 0 fully saturated rings. The van der Waals surface area contributed by atoms with Crippen molar-refractivity contribution >= 4 is 11.6 Å². The molecule has 1 heteroatoms. The van der Waals surface area contributed by atoms with E-state index in [-0.39, 0.29) is 0 Å². The molecule has 0 aliphatic heterocycles. The van der Waals surface area contributed by atoms with Gasteiger partial charge in [-0.1, -0.05) is 31.5 Å². The lowest BCUT2D eigenvalue weighted by molar-refractivity contribution is 0.726. The topological polar surface area (TPSA) is 0 Å². The lowest BCUT2D eigenvalue weighted by atomic mass is 9.90. The molecule has 0 amide bonds. The molecule has 14 heavy (non-hydrogen) atoms. The van der Waals surface area contributed by atoms with E-state index in [4.69, 9.17) is 11.6 Å². The first-order chi connectivity index (χ1) is 6.49. The van der Waals surface area contributed by atoms with Crippen molar-refractivity contribution in [3.63, 3.8) is 0 Å². The maximum absolute atomic E-state index is 6.20. The van der Waals surface area contributed by atoms with Crippen molar-refractivity contribution in [2.45, 2.75) is 47.0 Å². The van der Waals surface area contributed by atoms with E-state index < -0.39 is 0 Å². The second-order valence-corrected chi connectivity index (χ2v) is 4.53. The van der Waals surface area contributed by atoms with Crippen LogP contribution in [-0.2, 0) is 0 Å². The molecule has 0 bridgehead atoms. The molecule has 0 nitrogen and oxygen atoms in total. The predicted molar refractivity (Wildman–Crippen MR) is 64.4 cm³/mol. The average Bonchev–Trinajstić information content (AvgIpc) is 2.19. The van der Waals surface area contributed by atoms with E-state index in [1.54, 1.807) is 0 Å². The minimum absolute atomic E-state index is 0.629. The van der Waals surface area contributed by atoms with Crippen LogP contribution in [-0.4, -0.2) is 0 Å². The Kier molecular flexibility index (Phi) is 3.60. The maximum Gasteiger partial charge on any atom is 0.0467 e. The minimum atomic E-state index is 0.629. The number of hydrogen-bond acceptors (Lipinski definition) is 0. The Labute approximate surface area is 92.3 Å². The van der Waals surface area contributed by atoms with E-state index in [9.17, 15) is 0 Å². The Morgan fingerprint density at radius 1 is 1.21 bits per heavy atom. The zero-order valence-corrected chi connectivity index (χ0v) is 10.5. The Balaban J connectivity index is 3.33. The number of hydrogen-bond donors (Lipinski definition) is 0. The second kappa shape index (κ2) is 4.35. The molecular formula is C13H19Cl. The molecule has 1 aromatic rings. The zero-order chi connectivity index (χ0) is 10.9. The number of rotatable bonds is 2. The van der Waals surface area contributed by atoms with Gasteiger partial charge in [0.2, 0.25) is 0 Å². The lowest BCUT2D eigenvalue weighted by Gasteiger charge is -2.17. The van der Waals surface area contributed by atoms with Gasteiger partial charge in [0, 0.05) is 5.02 Å². The standard InChI is InChI=1S/C13H19Cl/c1-6-8(2)12-7-9(3)13(14)11(5)10(12)4/h7-8H,6H2,1-5H3. The molecule has 0 saturated heterocycles. The third-order valence-corrected chi connectivity index (χ3v) is 3.77. The highest BCUT2D eigenvalue weighted by Crippen LogP contribution is 2.31. The highest BCUT2D eigenvalue weighted by Gasteiger charge is 2.12. The summed E-state index contributed by atoms with van der Waals surface area (Å²) in [4.78, 5) is 0. The van der Waals surface area contributed by atoms with Gasteiger partial charge in [-0.3, -0.25) is 0 Å². The van der Waals surface area contributed by atoms with Crippen LogP contribution in [0.25, 0.3) is 0 Å². The molecule has 0 heterocycles. The number of benzene rings is 1. The van der Waals surface area contributed by atoms with Crippen molar-refractivity contribution in [3.8, 4) is 0 Å². The van der Waals surface area contributed by atoms with Gasteiger partial charge < -0.3 is 0 Å². The molecule has 0 spiro atoms. The van der Waals surface area contributed by atoms with Crippen LogP contribution in [0, 0.1) is 20.8 Å². The molecule has 0 radical (unpaired) electrons. The van der Waals surface area contributed by atoms with Crippen molar-refractivity contribution in [1.29, 1.82) is 0 Å². The largest absolute Gasteiger partial charge is 0.0838 e. The van der Waals surface area contributed by atoms with E-state index >= 15 is 0 Å². The van der Waals surface area contributed by atoms with Crippen molar-refractivity contribution < 1.29 is 0 Å². The molecular weight excluding hydrogens is 192 g/mol. The summed E-state index contributed by atoms with van der Waals surface area (Å²) >= 11 is 6.20. The first-order valence-corrected chi connectivity index (χ1v) is 5.63. The first kappa shape index (κ1) is 11.6. The van der Waals surface area contributed by atoms with Crippen LogP contribution >= 0.6 is 11.6 Å². The first-order valence-electron chi connectivity index (χ1n) is 5.25. The Morgan fingerprint density at radius 2 is 1.79 bits per heavy atom. The fourth-order valence-corrected chi connectivity index (χ4v) is 2.01. The zero-order valence-electron chi connectivity index (χ0n) is 9.74. The monoisotopic (exact) mass is 210 g/mol. The summed E-state index contributed by atoms with van der Waals surface area (Å²) in [6.45, 7) is 10.9. The minimum Gasteiger partial charge on any atom is -0.0838 e. The molecule has 0 saturated carbocycles. The number of aryl methyl sites for hydroxylation is 1. The summed E-state index contributed by atoms with van der Waals surface area (Å²) in [5, 5.41) is 0.926. The van der Waals surface area contributed by atoms with Gasteiger partial charge in [0.15, 0.2) is 0 Å². The summed E-state index contributed by atoms with van der Waals surface area (Å²) in [7, 11) is 0. The van der Waals surface area contributed by atoms with Crippen LogP contribution in [0.15, 0.2) is 6.07 Å². The fraction of sp³-hybridized carbons (Fsp3) is 0.538. The lowest BCUT2D eigenvalue weighted by Crippen LogP contribution is -1.99. The van der Waals surface area contributed by atoms with Gasteiger partial charge in [-0.25, -0.2) is 0 Å². The van der Waals surface area contributed by atoms with Crippen LogP contribution < -0.4 is 0 Å². The van der Waals surface area contributed by atoms with Gasteiger partial charge in [-0.2, -0.15) is 0 Å². The van der Waals surface area contributed by atoms with Crippen LogP contribution in [0.1, 0.15) is 48.4 Å². The van der Waals surface area contributed by atoms with Crippen LogP contribution in [0.4, 0.5) is 0 Å². The predicted octanol–water partition coefficient (Wildman–Crippen LogP) is 4.78. The van der Waals surface area contributed by atoms with Gasteiger partial charge in [0.05, 0.1) is 0 Å². The van der Waals surface area contributed by atoms with Gasteiger partial charge >= 0.3 is 0 Å². The average molecular weight is 211 g/mol. The molecule has 1 atom stereocenters. The highest BCUT2D eigenvalue weighted by molar-refractivity contribution is 6.32. The third kappa shape index (κ3) is 1.95. The molecule has 1 aromatic carbocycles. The normalized spacial score (nSPS) is 13.0. The molecule has 0 aliphatic carbocycles. The highest BCUT2D eigenvalue weighted by atomic mass is 35.5. The third-order valence-electron chi connectivity index (χ3n) is 3.19. The molecule has 78 valence electrons. The van der Waals surface area contributed by atoms with Gasteiger partial charge in [0.1, 0.15) is 0 Å². The SMILES string of the molecule is CCC(C)c1cc(C)c(Cl)c(C)c1C. The Morgan fingerprint density at radius 3 is 2.29 bits per heavy atom. The second-order valence-electron chi connectivity index (χ2n) is 4.16. The Bertz CT molecular complexity index is 340. The molecule has 0 aliphatic rings. The summed E-state index contributed by atoms with van der Waals surface area (Å²) in [6.07, 6.45) is 1.18. The van der Waals surface area contributed by atoms with Crippen molar-refractivity contribution in [3.05, 3.63) is 33.3 Å². The van der Waals surface area contributed by atoms with Crippen molar-refractivity contribution in [1.82, 2.24) is 0 Å². The Hall–Kier alpha value is -0.490. The summed E-state index contributed by atoms with van der Waals surface area (Å²) < 4.78 is 0. The number of halogens is 1. The molecule has 0 N–H and O–H groups in total. The van der Waals surface area contributed by atoms with Gasteiger partial charge in [0.25, 0.3) is 0 Å². The van der Waals surface area contributed by atoms with Crippen LogP contribution in [0.5, 0.6) is 0 Å². The van der Waals surface area contributed by atoms with E-state index in [1.165, 1.54) is 28.7 Å². The van der Waals surface area contributed by atoms with Crippen LogP contribution in [0.3, 0.4) is 0 Å². The molecule has 1 rings (SSSR count). The van der Waals surface area contributed by atoms with Crippen molar-refractivity contribution in [2.75, 3.05) is 0 Å². The quantitative estimate of drug-likeness (QED) is 0.659. The molecule has 1 unspecified atom stereocenters. The van der Waals surface area contributed by atoms with Gasteiger partial charge in [-0.05, 0) is 55.4 Å². The fourth-order valence-electron chi connectivity index (χ4n) is 1.81. The van der Waals surface area contributed by atoms with E-state index in [2.05, 4.69) is 40.7 Å². The summed E-state index contributed by atoms with van der Waals surface area (Å²) in [5.74, 6) is 0.629. The van der Waals surface area contributed by atoms with E-state index in [0.717, 1.165) is 5.02 Å². The summed E-state index contributed by atoms with van der Waals surface area (Å²) in [6, 6.07) is 2.23. The maximum atomic E-state index is 6.20. The smallest absolute Gasteiger partial charge is 0.0467 e. The summed E-state index contributed by atoms with van der Waals surface area (Å²) in [5.41, 5.74) is 5.24. The van der Waals surface area contributed by atoms with E-state index in [1.807, 2.05) is 0 Å².